The van der Waals surface area contributed by atoms with Gasteiger partial charge in [-0.1, -0.05) is 0 Å². The van der Waals surface area contributed by atoms with Gasteiger partial charge in [0.15, 0.2) is 0 Å². The lowest BCUT2D eigenvalue weighted by Crippen LogP contribution is -2.33. The number of hydrogen-bond acceptors (Lipinski definition) is 3. The van der Waals surface area contributed by atoms with E-state index in [-0.39, 0.29) is 19.1 Å². The largest absolute Gasteiger partial charge is 0.362 e. The zero-order valence-electron chi connectivity index (χ0n) is 7.88. The summed E-state index contributed by atoms with van der Waals surface area (Å²) in [6.07, 6.45) is 0. The van der Waals surface area contributed by atoms with Crippen LogP contribution < -0.4 is 0 Å². The molecule has 0 aliphatic carbocycles. The molecule has 0 fully saturated rings. The predicted molar refractivity (Wildman–Crippen MR) is 49.6 cm³/mol. The summed E-state index contributed by atoms with van der Waals surface area (Å²) in [6, 6.07) is 0. The molecule has 1 amide bonds. The lowest BCUT2D eigenvalue weighted by molar-refractivity contribution is -0.136. The van der Waals surface area contributed by atoms with Crippen LogP contribution in [-0.2, 0) is 14.3 Å². The fraction of sp³-hybridized carbons (Fsp3) is 0.750. The van der Waals surface area contributed by atoms with Gasteiger partial charge >= 0.3 is 0 Å². The molecule has 76 valence electrons. The molecule has 0 aromatic rings. The van der Waals surface area contributed by atoms with Crippen molar-refractivity contribution in [3.8, 4) is 0 Å². The first kappa shape index (κ1) is 12.4. The maximum absolute atomic E-state index is 11.2. The van der Waals surface area contributed by atoms with Gasteiger partial charge in [0.25, 0.3) is 0 Å². The quantitative estimate of drug-likeness (QED) is 0.601. The van der Waals surface area contributed by atoms with Gasteiger partial charge in [-0.3, -0.25) is 9.59 Å². The molecule has 0 aromatic carbocycles. The van der Waals surface area contributed by atoms with Crippen LogP contribution in [0, 0.1) is 0 Å². The van der Waals surface area contributed by atoms with Crippen molar-refractivity contribution in [1.82, 2.24) is 4.90 Å². The highest BCUT2D eigenvalue weighted by Gasteiger charge is 2.09. The average Bonchev–Trinajstić information content (AvgIpc) is 2.05. The minimum atomic E-state index is -0.590. The van der Waals surface area contributed by atoms with Crippen LogP contribution in [0.2, 0.25) is 0 Å². The Bertz CT molecular complexity index is 180. The van der Waals surface area contributed by atoms with Crippen molar-refractivity contribution in [3.63, 3.8) is 0 Å². The van der Waals surface area contributed by atoms with Gasteiger partial charge in [0.1, 0.15) is 13.2 Å². The number of likely N-dealkylation sites (N-methyl/N-ethyl adjacent to an activating group) is 1. The first-order valence-electron chi connectivity index (χ1n) is 4.15. The third kappa shape index (κ3) is 5.60. The van der Waals surface area contributed by atoms with E-state index in [0.717, 1.165) is 0 Å². The summed E-state index contributed by atoms with van der Waals surface area (Å²) < 4.78 is 4.77. The van der Waals surface area contributed by atoms with Gasteiger partial charge in [0.05, 0.1) is 0 Å². The van der Waals surface area contributed by atoms with Crippen molar-refractivity contribution in [2.45, 2.75) is 13.8 Å². The van der Waals surface area contributed by atoms with Crippen LogP contribution in [0.25, 0.3) is 0 Å². The van der Waals surface area contributed by atoms with E-state index in [9.17, 15) is 9.59 Å². The van der Waals surface area contributed by atoms with Gasteiger partial charge in [-0.15, -0.1) is 0 Å². The maximum Gasteiger partial charge on any atom is 0.248 e. The Hall–Kier alpha value is -0.610. The van der Waals surface area contributed by atoms with Crippen molar-refractivity contribution in [2.75, 3.05) is 26.3 Å². The van der Waals surface area contributed by atoms with Crippen LogP contribution >= 0.6 is 11.6 Å². The van der Waals surface area contributed by atoms with Crippen molar-refractivity contribution in [2.24, 2.45) is 0 Å². The van der Waals surface area contributed by atoms with Crippen molar-refractivity contribution < 1.29 is 14.3 Å². The second-order valence-corrected chi connectivity index (χ2v) is 2.84. The SMILES string of the molecule is CCN(CC)C(=O)COCC(=O)Cl. The van der Waals surface area contributed by atoms with Gasteiger partial charge in [-0.25, -0.2) is 0 Å². The molecule has 0 N–H and O–H groups in total. The van der Waals surface area contributed by atoms with Crippen LogP contribution in [0.4, 0.5) is 0 Å². The lowest BCUT2D eigenvalue weighted by Gasteiger charge is -2.17. The van der Waals surface area contributed by atoms with E-state index >= 15 is 0 Å². The first-order chi connectivity index (χ1) is 6.11. The Labute approximate surface area is 82.8 Å². The highest BCUT2D eigenvalue weighted by Crippen LogP contribution is 1.90. The number of carbonyl (C=O) groups is 2. The highest BCUT2D eigenvalue weighted by atomic mass is 35.5. The smallest absolute Gasteiger partial charge is 0.248 e. The minimum absolute atomic E-state index is 0.0832. The Kier molecular flexibility index (Phi) is 6.54. The van der Waals surface area contributed by atoms with E-state index in [2.05, 4.69) is 0 Å². The Balaban J connectivity index is 3.66. The van der Waals surface area contributed by atoms with Gasteiger partial charge in [-0.05, 0) is 25.4 Å². The molecule has 0 unspecified atom stereocenters. The summed E-state index contributed by atoms with van der Waals surface area (Å²) in [7, 11) is 0. The predicted octanol–water partition coefficient (Wildman–Crippen LogP) is 0.637. The summed E-state index contributed by atoms with van der Waals surface area (Å²) >= 11 is 5.02. The van der Waals surface area contributed by atoms with Crippen molar-refractivity contribution in [1.29, 1.82) is 0 Å². The number of rotatable bonds is 6. The number of amides is 1. The summed E-state index contributed by atoms with van der Waals surface area (Å²) in [5.74, 6) is -0.122. The van der Waals surface area contributed by atoms with Gasteiger partial charge < -0.3 is 9.64 Å². The highest BCUT2D eigenvalue weighted by molar-refractivity contribution is 6.63. The van der Waals surface area contributed by atoms with Crippen molar-refractivity contribution in [3.05, 3.63) is 0 Å². The molecule has 0 aliphatic rings. The second kappa shape index (κ2) is 6.86. The number of nitrogens with zero attached hydrogens (tertiary/aromatic N) is 1. The number of halogens is 1. The summed E-state index contributed by atoms with van der Waals surface area (Å²) in [4.78, 5) is 23.1. The van der Waals surface area contributed by atoms with Crippen LogP contribution in [0.3, 0.4) is 0 Å². The Morgan fingerprint density at radius 3 is 2.15 bits per heavy atom. The zero-order chi connectivity index (χ0) is 10.3. The van der Waals surface area contributed by atoms with Gasteiger partial charge in [0, 0.05) is 13.1 Å². The maximum atomic E-state index is 11.2. The molecule has 13 heavy (non-hydrogen) atoms. The van der Waals surface area contributed by atoms with Crippen LogP contribution in [0.1, 0.15) is 13.8 Å². The molecule has 0 aliphatic heterocycles. The third-order valence-corrected chi connectivity index (χ3v) is 1.67. The van der Waals surface area contributed by atoms with E-state index < -0.39 is 5.24 Å². The van der Waals surface area contributed by atoms with E-state index in [1.165, 1.54) is 0 Å². The molecule has 0 saturated carbocycles. The average molecular weight is 208 g/mol. The normalized spacial score (nSPS) is 9.77. The van der Waals surface area contributed by atoms with E-state index in [1.807, 2.05) is 13.8 Å². The molecule has 0 heterocycles. The van der Waals surface area contributed by atoms with Crippen LogP contribution in [0.15, 0.2) is 0 Å². The molecule has 4 nitrogen and oxygen atoms in total. The first-order valence-corrected chi connectivity index (χ1v) is 4.53. The molecule has 0 atom stereocenters. The second-order valence-electron chi connectivity index (χ2n) is 2.41. The van der Waals surface area contributed by atoms with Crippen LogP contribution in [0.5, 0.6) is 0 Å². The topological polar surface area (TPSA) is 46.6 Å². The lowest BCUT2D eigenvalue weighted by atomic mass is 10.5. The summed E-state index contributed by atoms with van der Waals surface area (Å²) in [6.45, 7) is 4.76. The molecule has 0 bridgehead atoms. The molecule has 5 heteroatoms. The third-order valence-electron chi connectivity index (χ3n) is 1.56. The van der Waals surface area contributed by atoms with E-state index in [1.54, 1.807) is 4.90 Å². The van der Waals surface area contributed by atoms with Crippen LogP contribution in [-0.4, -0.2) is 42.4 Å². The van der Waals surface area contributed by atoms with Gasteiger partial charge in [-0.2, -0.15) is 0 Å². The summed E-state index contributed by atoms with van der Waals surface area (Å²) in [5.41, 5.74) is 0. The van der Waals surface area contributed by atoms with Crippen molar-refractivity contribution >= 4 is 22.8 Å². The monoisotopic (exact) mass is 207 g/mol. The summed E-state index contributed by atoms with van der Waals surface area (Å²) in [5, 5.41) is -0.590. The number of carbonyl (C=O) groups excluding carboxylic acids is 2. The molecule has 0 radical (unpaired) electrons. The molecular formula is C8H14ClNO3. The minimum Gasteiger partial charge on any atom is -0.362 e. The van der Waals surface area contributed by atoms with E-state index in [4.69, 9.17) is 16.3 Å². The molecule has 0 aromatic heterocycles. The molecule has 0 saturated heterocycles. The van der Waals surface area contributed by atoms with E-state index in [0.29, 0.717) is 13.1 Å². The number of hydrogen-bond donors (Lipinski definition) is 0. The fourth-order valence-corrected chi connectivity index (χ4v) is 0.963. The fourth-order valence-electron chi connectivity index (χ4n) is 0.886. The number of ether oxygens (including phenoxy) is 1. The molecule has 0 rings (SSSR count). The Morgan fingerprint density at radius 1 is 1.23 bits per heavy atom. The van der Waals surface area contributed by atoms with Gasteiger partial charge in [0.2, 0.25) is 11.1 Å². The Morgan fingerprint density at radius 2 is 1.77 bits per heavy atom. The molecular weight excluding hydrogens is 194 g/mol. The zero-order valence-corrected chi connectivity index (χ0v) is 8.63. The molecule has 0 spiro atoms. The standard InChI is InChI=1S/C8H14ClNO3/c1-3-10(4-2)8(12)6-13-5-7(9)11/h3-6H2,1-2H3.